The number of hydrogen-bond acceptors (Lipinski definition) is 10. The number of ketones is 1. The number of benzene rings is 1. The van der Waals surface area contributed by atoms with Crippen LogP contribution >= 0.6 is 11.8 Å². The Morgan fingerprint density at radius 1 is 1.23 bits per heavy atom. The highest BCUT2D eigenvalue weighted by Gasteiger charge is 2.45. The molecule has 2 aromatic heterocycles. The van der Waals surface area contributed by atoms with E-state index in [4.69, 9.17) is 10.5 Å². The maximum absolute atomic E-state index is 12.5. The number of anilines is 1. The lowest BCUT2D eigenvalue weighted by Gasteiger charge is -2.19. The lowest BCUT2D eigenvalue weighted by Crippen LogP contribution is -2.33. The van der Waals surface area contributed by atoms with Crippen LogP contribution in [0.25, 0.3) is 11.2 Å². The van der Waals surface area contributed by atoms with Crippen molar-refractivity contribution >= 4 is 34.7 Å². The maximum Gasteiger partial charge on any atom is 0.280 e. The molecule has 0 spiro atoms. The number of aliphatic hydroxyl groups excluding tert-OH is 3. The van der Waals surface area contributed by atoms with Gasteiger partial charge in [0.1, 0.15) is 18.3 Å². The molecule has 0 radical (unpaired) electrons. The molecule has 11 nitrogen and oxygen atoms in total. The number of Topliss-reactive ketones (excluding diaryl/α,β-unsaturated/α-hetero) is 1. The third kappa shape index (κ3) is 3.59. The molecular weight excluding hydrogens is 414 g/mol. The molecule has 0 amide bonds. The molecule has 158 valence electrons. The van der Waals surface area contributed by atoms with Crippen LogP contribution in [0.5, 0.6) is 0 Å². The Balaban J connectivity index is 1.74. The minimum atomic E-state index is -1.42. The number of nitrogens with two attached hydrogens (primary N) is 1. The van der Waals surface area contributed by atoms with E-state index in [2.05, 4.69) is 15.0 Å². The van der Waals surface area contributed by atoms with E-state index < -0.39 is 36.7 Å². The van der Waals surface area contributed by atoms with Gasteiger partial charge < -0.3 is 25.8 Å². The van der Waals surface area contributed by atoms with E-state index in [1.807, 2.05) is 0 Å². The van der Waals surface area contributed by atoms with Gasteiger partial charge >= 0.3 is 0 Å². The van der Waals surface area contributed by atoms with Gasteiger partial charge in [-0.3, -0.25) is 19.1 Å². The minimum absolute atomic E-state index is 0.00444. The van der Waals surface area contributed by atoms with Crippen molar-refractivity contribution in [2.75, 3.05) is 18.1 Å². The fraction of sp³-hybridized carbons (Fsp3) is 0.333. The molecular formula is C18H19N5O6S. The quantitative estimate of drug-likeness (QED) is 0.246. The second-order valence-electron chi connectivity index (χ2n) is 6.69. The lowest BCUT2D eigenvalue weighted by molar-refractivity contribution is -0.0548. The number of aromatic nitrogens is 4. The Morgan fingerprint density at radius 2 is 1.97 bits per heavy atom. The molecule has 1 aliphatic rings. The van der Waals surface area contributed by atoms with Crippen molar-refractivity contribution in [3.8, 4) is 0 Å². The van der Waals surface area contributed by atoms with Crippen molar-refractivity contribution in [1.82, 2.24) is 19.5 Å². The number of rotatable bonds is 6. The standard InChI is InChI=1S/C18H19N5O6S/c19-17-21-14-11(15(28)22-17)20-18(30-7-9(25)8-4-2-1-3-5-8)23(14)16-13(27)12(26)10(6-24)29-16/h1-5,10,12-13,16,24,26-27H,6-7H2,(H3,19,21,22,28). The van der Waals surface area contributed by atoms with E-state index in [0.29, 0.717) is 5.56 Å². The first kappa shape index (κ1) is 20.5. The average Bonchev–Trinajstić information content (AvgIpc) is 3.24. The molecule has 3 aromatic rings. The summed E-state index contributed by atoms with van der Waals surface area (Å²) in [6.45, 7) is -0.521. The summed E-state index contributed by atoms with van der Waals surface area (Å²) in [5.41, 5.74) is 5.54. The normalized spacial score (nSPS) is 23.8. The SMILES string of the molecule is Nc1nc2c(nc(SCC(=O)c3ccccc3)n2C2OC(CO)C(O)C2O)c(=O)[nH]1. The van der Waals surface area contributed by atoms with Crippen molar-refractivity contribution in [3.05, 3.63) is 46.2 Å². The Kier molecular flexibility index (Phi) is 5.58. The molecule has 0 aliphatic carbocycles. The van der Waals surface area contributed by atoms with E-state index in [9.17, 15) is 24.9 Å². The summed E-state index contributed by atoms with van der Waals surface area (Å²) in [7, 11) is 0. The number of hydrogen-bond donors (Lipinski definition) is 5. The number of nitrogens with one attached hydrogen (secondary N) is 1. The summed E-state index contributed by atoms with van der Waals surface area (Å²) in [6, 6.07) is 8.67. The van der Waals surface area contributed by atoms with Crippen LogP contribution in [-0.4, -0.2) is 71.3 Å². The second kappa shape index (κ2) is 8.16. The molecule has 4 rings (SSSR count). The number of ether oxygens (including phenoxy) is 1. The van der Waals surface area contributed by atoms with Crippen molar-refractivity contribution in [2.45, 2.75) is 29.7 Å². The van der Waals surface area contributed by atoms with Gasteiger partial charge in [-0.25, -0.2) is 4.98 Å². The van der Waals surface area contributed by atoms with Crippen LogP contribution in [0.2, 0.25) is 0 Å². The molecule has 30 heavy (non-hydrogen) atoms. The molecule has 4 atom stereocenters. The number of aliphatic hydroxyl groups is 3. The monoisotopic (exact) mass is 433 g/mol. The molecule has 1 fully saturated rings. The van der Waals surface area contributed by atoms with Gasteiger partial charge in [-0.05, 0) is 0 Å². The first-order chi connectivity index (χ1) is 14.4. The molecule has 1 aromatic carbocycles. The summed E-state index contributed by atoms with van der Waals surface area (Å²) in [4.78, 5) is 35.5. The summed E-state index contributed by atoms with van der Waals surface area (Å²) in [5.74, 6) is -0.339. The number of carbonyl (C=O) groups excluding carboxylic acids is 1. The van der Waals surface area contributed by atoms with Crippen LogP contribution in [0.3, 0.4) is 0 Å². The number of nitrogens with zero attached hydrogens (tertiary/aromatic N) is 3. The Morgan fingerprint density at radius 3 is 2.63 bits per heavy atom. The van der Waals surface area contributed by atoms with Crippen molar-refractivity contribution in [2.24, 2.45) is 0 Å². The van der Waals surface area contributed by atoms with Gasteiger partial charge in [-0.1, -0.05) is 42.1 Å². The molecule has 4 unspecified atom stereocenters. The van der Waals surface area contributed by atoms with Gasteiger partial charge in [0.2, 0.25) is 5.95 Å². The van der Waals surface area contributed by atoms with Crippen LogP contribution in [0, 0.1) is 0 Å². The third-order valence-corrected chi connectivity index (χ3v) is 5.69. The van der Waals surface area contributed by atoms with Gasteiger partial charge in [-0.2, -0.15) is 4.98 Å². The highest BCUT2D eigenvalue weighted by Crippen LogP contribution is 2.35. The molecule has 1 aliphatic heterocycles. The van der Waals surface area contributed by atoms with Crippen molar-refractivity contribution in [1.29, 1.82) is 0 Å². The van der Waals surface area contributed by atoms with Crippen molar-refractivity contribution in [3.63, 3.8) is 0 Å². The largest absolute Gasteiger partial charge is 0.394 e. The number of fused-ring (bicyclic) bond motifs is 1. The molecule has 6 N–H and O–H groups in total. The molecule has 0 saturated carbocycles. The minimum Gasteiger partial charge on any atom is -0.394 e. The predicted molar refractivity (Wildman–Crippen MR) is 107 cm³/mol. The smallest absolute Gasteiger partial charge is 0.280 e. The van der Waals surface area contributed by atoms with Gasteiger partial charge in [0.25, 0.3) is 5.56 Å². The Bertz CT molecular complexity index is 1130. The van der Waals surface area contributed by atoms with Gasteiger partial charge in [0.05, 0.1) is 12.4 Å². The van der Waals surface area contributed by atoms with E-state index in [0.717, 1.165) is 11.8 Å². The fourth-order valence-electron chi connectivity index (χ4n) is 3.24. The number of H-pyrrole nitrogens is 1. The Labute approximate surface area is 173 Å². The van der Waals surface area contributed by atoms with Crippen LogP contribution < -0.4 is 11.3 Å². The highest BCUT2D eigenvalue weighted by molar-refractivity contribution is 7.99. The number of nitrogen functional groups attached to an aromatic ring is 1. The van der Waals surface area contributed by atoms with Crippen LogP contribution in [-0.2, 0) is 4.74 Å². The summed E-state index contributed by atoms with van der Waals surface area (Å²) < 4.78 is 6.89. The predicted octanol–water partition coefficient (Wildman–Crippen LogP) is -0.712. The van der Waals surface area contributed by atoms with E-state index >= 15 is 0 Å². The van der Waals surface area contributed by atoms with E-state index in [-0.39, 0.29) is 33.8 Å². The van der Waals surface area contributed by atoms with Crippen LogP contribution in [0.4, 0.5) is 5.95 Å². The molecule has 1 saturated heterocycles. The molecule has 12 heteroatoms. The number of imidazole rings is 1. The maximum atomic E-state index is 12.5. The zero-order valence-corrected chi connectivity index (χ0v) is 16.3. The highest BCUT2D eigenvalue weighted by atomic mass is 32.2. The first-order valence-electron chi connectivity index (χ1n) is 9.02. The summed E-state index contributed by atoms with van der Waals surface area (Å²) in [5, 5.41) is 30.1. The third-order valence-electron chi connectivity index (χ3n) is 4.74. The van der Waals surface area contributed by atoms with Crippen LogP contribution in [0.1, 0.15) is 16.6 Å². The number of thioether (sulfide) groups is 1. The summed E-state index contributed by atoms with van der Waals surface area (Å²) >= 11 is 1.02. The lowest BCUT2D eigenvalue weighted by atomic mass is 10.1. The van der Waals surface area contributed by atoms with Gasteiger partial charge in [0, 0.05) is 5.56 Å². The number of aromatic amines is 1. The van der Waals surface area contributed by atoms with Crippen molar-refractivity contribution < 1.29 is 24.9 Å². The van der Waals surface area contributed by atoms with E-state index in [1.165, 1.54) is 4.57 Å². The van der Waals surface area contributed by atoms with Gasteiger partial charge in [0.15, 0.2) is 28.3 Å². The number of carbonyl (C=O) groups is 1. The Hall–Kier alpha value is -2.77. The topological polar surface area (TPSA) is 177 Å². The summed E-state index contributed by atoms with van der Waals surface area (Å²) in [6.07, 6.45) is -5.01. The first-order valence-corrected chi connectivity index (χ1v) is 10.0. The van der Waals surface area contributed by atoms with Gasteiger partial charge in [-0.15, -0.1) is 0 Å². The zero-order valence-electron chi connectivity index (χ0n) is 15.5. The average molecular weight is 433 g/mol. The van der Waals surface area contributed by atoms with E-state index in [1.54, 1.807) is 30.3 Å². The second-order valence-corrected chi connectivity index (χ2v) is 7.64. The molecule has 0 bridgehead atoms. The molecule has 3 heterocycles. The van der Waals surface area contributed by atoms with Crippen LogP contribution in [0.15, 0.2) is 40.3 Å². The fourth-order valence-corrected chi connectivity index (χ4v) is 4.16. The zero-order chi connectivity index (χ0) is 21.4.